The SMILES string of the molecule is CC[C@H](C)[C@@H](C(=O)N1CCOCC1)N1CCCC1=O. The molecule has 0 N–H and O–H groups in total. The number of ether oxygens (including phenoxy) is 1. The minimum Gasteiger partial charge on any atom is -0.378 e. The summed E-state index contributed by atoms with van der Waals surface area (Å²) in [4.78, 5) is 28.3. The maximum atomic E-state index is 12.7. The number of carbonyl (C=O) groups excluding carboxylic acids is 2. The molecule has 0 aromatic rings. The van der Waals surface area contributed by atoms with Crippen molar-refractivity contribution in [2.24, 2.45) is 5.92 Å². The first-order valence-corrected chi connectivity index (χ1v) is 7.31. The van der Waals surface area contributed by atoms with Crippen molar-refractivity contribution in [3.05, 3.63) is 0 Å². The molecule has 0 unspecified atom stereocenters. The van der Waals surface area contributed by atoms with Gasteiger partial charge in [-0.25, -0.2) is 0 Å². The number of morpholine rings is 1. The molecule has 2 atom stereocenters. The summed E-state index contributed by atoms with van der Waals surface area (Å²) in [6.07, 6.45) is 2.37. The van der Waals surface area contributed by atoms with E-state index in [1.165, 1.54) is 0 Å². The van der Waals surface area contributed by atoms with Crippen molar-refractivity contribution >= 4 is 11.8 Å². The summed E-state index contributed by atoms with van der Waals surface area (Å²) in [5.41, 5.74) is 0. The quantitative estimate of drug-likeness (QED) is 0.760. The summed E-state index contributed by atoms with van der Waals surface area (Å²) in [6.45, 7) is 7.37. The predicted molar refractivity (Wildman–Crippen MR) is 71.6 cm³/mol. The number of hydrogen-bond donors (Lipinski definition) is 0. The molecule has 2 aliphatic heterocycles. The van der Waals surface area contributed by atoms with Crippen molar-refractivity contribution in [3.8, 4) is 0 Å². The fourth-order valence-corrected chi connectivity index (χ4v) is 2.84. The van der Waals surface area contributed by atoms with Gasteiger partial charge in [0, 0.05) is 26.1 Å². The highest BCUT2D eigenvalue weighted by Gasteiger charge is 2.38. The van der Waals surface area contributed by atoms with Crippen LogP contribution in [0.2, 0.25) is 0 Å². The van der Waals surface area contributed by atoms with Crippen molar-refractivity contribution < 1.29 is 14.3 Å². The highest BCUT2D eigenvalue weighted by Crippen LogP contribution is 2.23. The first-order chi connectivity index (χ1) is 9.15. The second-order valence-corrected chi connectivity index (χ2v) is 5.46. The van der Waals surface area contributed by atoms with Crippen LogP contribution in [0.4, 0.5) is 0 Å². The lowest BCUT2D eigenvalue weighted by Crippen LogP contribution is -2.54. The lowest BCUT2D eigenvalue weighted by atomic mass is 9.96. The molecule has 5 nitrogen and oxygen atoms in total. The Hall–Kier alpha value is -1.10. The first kappa shape index (κ1) is 14.3. The molecule has 0 bridgehead atoms. The zero-order chi connectivity index (χ0) is 13.8. The average molecular weight is 268 g/mol. The van der Waals surface area contributed by atoms with Crippen molar-refractivity contribution in [3.63, 3.8) is 0 Å². The zero-order valence-electron chi connectivity index (χ0n) is 11.9. The Kier molecular flexibility index (Phi) is 4.80. The fraction of sp³-hybridized carbons (Fsp3) is 0.857. The van der Waals surface area contributed by atoms with Crippen LogP contribution in [0.15, 0.2) is 0 Å². The summed E-state index contributed by atoms with van der Waals surface area (Å²) in [5, 5.41) is 0. The van der Waals surface area contributed by atoms with Crippen LogP contribution in [-0.2, 0) is 14.3 Å². The monoisotopic (exact) mass is 268 g/mol. The van der Waals surface area contributed by atoms with Crippen LogP contribution in [0.3, 0.4) is 0 Å². The molecule has 0 spiro atoms. The van der Waals surface area contributed by atoms with E-state index in [1.807, 2.05) is 4.90 Å². The minimum atomic E-state index is -0.280. The van der Waals surface area contributed by atoms with E-state index in [0.29, 0.717) is 32.7 Å². The van der Waals surface area contributed by atoms with Gasteiger partial charge < -0.3 is 14.5 Å². The fourth-order valence-electron chi connectivity index (χ4n) is 2.84. The van der Waals surface area contributed by atoms with Gasteiger partial charge in [-0.3, -0.25) is 9.59 Å². The van der Waals surface area contributed by atoms with Crippen molar-refractivity contribution in [2.45, 2.75) is 39.2 Å². The summed E-state index contributed by atoms with van der Waals surface area (Å²) >= 11 is 0. The molecular formula is C14H24N2O3. The number of carbonyl (C=O) groups is 2. The van der Waals surface area contributed by atoms with Crippen LogP contribution in [-0.4, -0.2) is 60.5 Å². The van der Waals surface area contributed by atoms with E-state index in [-0.39, 0.29) is 23.8 Å². The smallest absolute Gasteiger partial charge is 0.245 e. The van der Waals surface area contributed by atoms with Crippen molar-refractivity contribution in [1.82, 2.24) is 9.80 Å². The third-order valence-corrected chi connectivity index (χ3v) is 4.20. The van der Waals surface area contributed by atoms with E-state index in [9.17, 15) is 9.59 Å². The first-order valence-electron chi connectivity index (χ1n) is 7.31. The van der Waals surface area contributed by atoms with Gasteiger partial charge in [0.25, 0.3) is 0 Å². The Morgan fingerprint density at radius 1 is 1.32 bits per heavy atom. The molecule has 0 radical (unpaired) electrons. The second-order valence-electron chi connectivity index (χ2n) is 5.46. The molecule has 2 fully saturated rings. The Morgan fingerprint density at radius 2 is 2.00 bits per heavy atom. The molecule has 2 aliphatic rings. The maximum absolute atomic E-state index is 12.7. The van der Waals surface area contributed by atoms with Gasteiger partial charge >= 0.3 is 0 Å². The third kappa shape index (κ3) is 3.08. The van der Waals surface area contributed by atoms with Gasteiger partial charge in [-0.1, -0.05) is 20.3 Å². The predicted octanol–water partition coefficient (Wildman–Crippen LogP) is 0.882. The Morgan fingerprint density at radius 3 is 2.53 bits per heavy atom. The van der Waals surface area contributed by atoms with E-state index < -0.39 is 0 Å². The minimum absolute atomic E-state index is 0.105. The molecule has 108 valence electrons. The molecular weight excluding hydrogens is 244 g/mol. The van der Waals surface area contributed by atoms with Gasteiger partial charge in [-0.2, -0.15) is 0 Å². The maximum Gasteiger partial charge on any atom is 0.245 e. The van der Waals surface area contributed by atoms with Crippen LogP contribution in [0.25, 0.3) is 0 Å². The Balaban J connectivity index is 2.12. The average Bonchev–Trinajstić information content (AvgIpc) is 2.86. The molecule has 2 amide bonds. The Bertz CT molecular complexity index is 340. The van der Waals surface area contributed by atoms with Gasteiger partial charge in [0.2, 0.25) is 11.8 Å². The molecule has 0 aliphatic carbocycles. The topological polar surface area (TPSA) is 49.9 Å². The highest BCUT2D eigenvalue weighted by atomic mass is 16.5. The van der Waals surface area contributed by atoms with E-state index >= 15 is 0 Å². The lowest BCUT2D eigenvalue weighted by molar-refractivity contribution is -0.148. The van der Waals surface area contributed by atoms with Gasteiger partial charge in [-0.05, 0) is 12.3 Å². The summed E-state index contributed by atoms with van der Waals surface area (Å²) in [5.74, 6) is 0.442. The molecule has 0 saturated carbocycles. The molecule has 5 heteroatoms. The van der Waals surface area contributed by atoms with Gasteiger partial charge in [0.15, 0.2) is 0 Å². The van der Waals surface area contributed by atoms with Crippen LogP contribution < -0.4 is 0 Å². The van der Waals surface area contributed by atoms with Gasteiger partial charge in [0.05, 0.1) is 13.2 Å². The largest absolute Gasteiger partial charge is 0.378 e. The standard InChI is InChI=1S/C14H24N2O3/c1-3-11(2)13(16-6-4-5-12(16)17)14(18)15-7-9-19-10-8-15/h11,13H,3-10H2,1-2H3/t11-,13-/m0/s1. The van der Waals surface area contributed by atoms with E-state index in [4.69, 9.17) is 4.74 Å². The Labute approximate surface area is 114 Å². The number of nitrogens with zero attached hydrogens (tertiary/aromatic N) is 2. The number of amides is 2. The van der Waals surface area contributed by atoms with Crippen LogP contribution in [0.1, 0.15) is 33.1 Å². The molecule has 2 heterocycles. The van der Waals surface area contributed by atoms with Crippen LogP contribution >= 0.6 is 0 Å². The van der Waals surface area contributed by atoms with E-state index in [1.54, 1.807) is 4.90 Å². The normalized spacial score (nSPS) is 23.6. The summed E-state index contributed by atoms with van der Waals surface area (Å²) < 4.78 is 5.29. The molecule has 2 rings (SSSR count). The lowest BCUT2D eigenvalue weighted by Gasteiger charge is -2.37. The molecule has 19 heavy (non-hydrogen) atoms. The molecule has 0 aromatic heterocycles. The molecule has 2 saturated heterocycles. The second kappa shape index (κ2) is 6.37. The van der Waals surface area contributed by atoms with Crippen molar-refractivity contribution in [2.75, 3.05) is 32.8 Å². The van der Waals surface area contributed by atoms with E-state index in [2.05, 4.69) is 13.8 Å². The van der Waals surface area contributed by atoms with Gasteiger partial charge in [0.1, 0.15) is 6.04 Å². The zero-order valence-corrected chi connectivity index (χ0v) is 11.9. The van der Waals surface area contributed by atoms with Crippen molar-refractivity contribution in [1.29, 1.82) is 0 Å². The molecule has 0 aromatic carbocycles. The number of likely N-dealkylation sites (tertiary alicyclic amines) is 1. The van der Waals surface area contributed by atoms with Crippen LogP contribution in [0, 0.1) is 5.92 Å². The summed E-state index contributed by atoms with van der Waals surface area (Å²) in [6, 6.07) is -0.280. The van der Waals surface area contributed by atoms with Crippen LogP contribution in [0.5, 0.6) is 0 Å². The number of rotatable bonds is 4. The van der Waals surface area contributed by atoms with E-state index in [0.717, 1.165) is 19.4 Å². The highest BCUT2D eigenvalue weighted by molar-refractivity contribution is 5.89. The third-order valence-electron chi connectivity index (χ3n) is 4.20. The summed E-state index contributed by atoms with van der Waals surface area (Å²) in [7, 11) is 0. The number of hydrogen-bond acceptors (Lipinski definition) is 3. The van der Waals surface area contributed by atoms with Gasteiger partial charge in [-0.15, -0.1) is 0 Å².